The Morgan fingerprint density at radius 1 is 1.40 bits per heavy atom. The topological polar surface area (TPSA) is 55.1 Å². The van der Waals surface area contributed by atoms with E-state index in [1.54, 1.807) is 0 Å². The van der Waals surface area contributed by atoms with Gasteiger partial charge in [-0.05, 0) is 72.5 Å². The summed E-state index contributed by atoms with van der Waals surface area (Å²) in [6.07, 6.45) is 4.60. The zero-order valence-corrected chi connectivity index (χ0v) is 14.7. The molecule has 1 fully saturated rings. The van der Waals surface area contributed by atoms with E-state index >= 15 is 0 Å². The second kappa shape index (κ2) is 8.20. The SMILES string of the molecule is Cc1c(I)cccc1C(=O)NC1CCCCC1CN.Cl. The van der Waals surface area contributed by atoms with Gasteiger partial charge in [0.05, 0.1) is 0 Å². The number of benzene rings is 1. The molecule has 1 aliphatic carbocycles. The van der Waals surface area contributed by atoms with Gasteiger partial charge in [-0.3, -0.25) is 4.79 Å². The first-order chi connectivity index (χ1) is 9.13. The van der Waals surface area contributed by atoms with Crippen molar-refractivity contribution in [3.63, 3.8) is 0 Å². The van der Waals surface area contributed by atoms with Crippen LogP contribution in [0.15, 0.2) is 18.2 Å². The van der Waals surface area contributed by atoms with Crippen molar-refractivity contribution in [1.82, 2.24) is 5.32 Å². The number of hydrogen-bond donors (Lipinski definition) is 2. The van der Waals surface area contributed by atoms with E-state index in [-0.39, 0.29) is 24.4 Å². The zero-order chi connectivity index (χ0) is 13.8. The lowest BCUT2D eigenvalue weighted by Gasteiger charge is -2.31. The maximum Gasteiger partial charge on any atom is 0.251 e. The van der Waals surface area contributed by atoms with E-state index in [0.29, 0.717) is 12.5 Å². The summed E-state index contributed by atoms with van der Waals surface area (Å²) in [6, 6.07) is 6.09. The Morgan fingerprint density at radius 2 is 2.10 bits per heavy atom. The maximum absolute atomic E-state index is 12.4. The molecular weight excluding hydrogens is 387 g/mol. The van der Waals surface area contributed by atoms with Crippen LogP contribution in [0.1, 0.15) is 41.6 Å². The lowest BCUT2D eigenvalue weighted by atomic mass is 9.84. The molecule has 1 aromatic carbocycles. The fraction of sp³-hybridized carbons (Fsp3) is 0.533. The van der Waals surface area contributed by atoms with Gasteiger partial charge >= 0.3 is 0 Å². The number of carbonyl (C=O) groups excluding carboxylic acids is 1. The molecule has 0 aliphatic heterocycles. The normalized spacial score (nSPS) is 21.9. The maximum atomic E-state index is 12.4. The number of amides is 1. The van der Waals surface area contributed by atoms with E-state index in [2.05, 4.69) is 27.9 Å². The lowest BCUT2D eigenvalue weighted by Crippen LogP contribution is -2.44. The third-order valence-corrected chi connectivity index (χ3v) is 5.21. The monoisotopic (exact) mass is 408 g/mol. The zero-order valence-electron chi connectivity index (χ0n) is 11.7. The third-order valence-electron chi connectivity index (χ3n) is 4.04. The summed E-state index contributed by atoms with van der Waals surface area (Å²) >= 11 is 2.27. The van der Waals surface area contributed by atoms with Crippen molar-refractivity contribution in [1.29, 1.82) is 0 Å². The van der Waals surface area contributed by atoms with Crippen LogP contribution < -0.4 is 11.1 Å². The predicted octanol–water partition coefficient (Wildman–Crippen LogP) is 3.27. The molecule has 0 bridgehead atoms. The van der Waals surface area contributed by atoms with E-state index in [4.69, 9.17) is 5.73 Å². The van der Waals surface area contributed by atoms with Crippen LogP contribution in [0.4, 0.5) is 0 Å². The van der Waals surface area contributed by atoms with Gasteiger partial charge in [0.25, 0.3) is 5.91 Å². The van der Waals surface area contributed by atoms with Crippen LogP contribution in [0.25, 0.3) is 0 Å². The van der Waals surface area contributed by atoms with Gasteiger partial charge in [-0.25, -0.2) is 0 Å². The van der Waals surface area contributed by atoms with Crippen molar-refractivity contribution in [2.45, 2.75) is 38.6 Å². The van der Waals surface area contributed by atoms with E-state index < -0.39 is 0 Å². The summed E-state index contributed by atoms with van der Waals surface area (Å²) in [7, 11) is 0. The van der Waals surface area contributed by atoms with Gasteiger partial charge in [-0.2, -0.15) is 0 Å². The minimum atomic E-state index is 0. The Labute approximate surface area is 140 Å². The molecule has 1 aromatic rings. The molecule has 2 rings (SSSR count). The molecule has 5 heteroatoms. The molecule has 1 aliphatic rings. The molecule has 1 amide bonds. The second-order valence-corrected chi connectivity index (χ2v) is 6.43. The van der Waals surface area contributed by atoms with Gasteiger partial charge in [0.1, 0.15) is 0 Å². The van der Waals surface area contributed by atoms with Crippen LogP contribution in [-0.4, -0.2) is 18.5 Å². The van der Waals surface area contributed by atoms with Crippen molar-refractivity contribution in [2.24, 2.45) is 11.7 Å². The summed E-state index contributed by atoms with van der Waals surface area (Å²) in [5.74, 6) is 0.474. The Balaban J connectivity index is 0.00000200. The fourth-order valence-electron chi connectivity index (χ4n) is 2.78. The molecule has 3 nitrogen and oxygen atoms in total. The van der Waals surface area contributed by atoms with Gasteiger partial charge in [-0.1, -0.05) is 18.9 Å². The van der Waals surface area contributed by atoms with Crippen LogP contribution in [-0.2, 0) is 0 Å². The molecular formula is C15H22ClIN2O. The van der Waals surface area contributed by atoms with E-state index in [0.717, 1.165) is 27.5 Å². The minimum absolute atomic E-state index is 0. The van der Waals surface area contributed by atoms with Crippen LogP contribution in [0.5, 0.6) is 0 Å². The van der Waals surface area contributed by atoms with Crippen LogP contribution in [0, 0.1) is 16.4 Å². The summed E-state index contributed by atoms with van der Waals surface area (Å²) in [5.41, 5.74) is 7.65. The summed E-state index contributed by atoms with van der Waals surface area (Å²) < 4.78 is 1.13. The average Bonchev–Trinajstić information content (AvgIpc) is 2.42. The summed E-state index contributed by atoms with van der Waals surface area (Å²) in [4.78, 5) is 12.4. The summed E-state index contributed by atoms with van der Waals surface area (Å²) in [6.45, 7) is 2.66. The van der Waals surface area contributed by atoms with Gasteiger partial charge < -0.3 is 11.1 Å². The van der Waals surface area contributed by atoms with E-state index in [1.165, 1.54) is 12.8 Å². The van der Waals surface area contributed by atoms with Crippen molar-refractivity contribution in [2.75, 3.05) is 6.54 Å². The van der Waals surface area contributed by atoms with Gasteiger partial charge in [-0.15, -0.1) is 12.4 Å². The van der Waals surface area contributed by atoms with E-state index in [1.807, 2.05) is 25.1 Å². The Bertz CT molecular complexity index is 467. The molecule has 0 heterocycles. The van der Waals surface area contributed by atoms with Crippen LogP contribution >= 0.6 is 35.0 Å². The molecule has 112 valence electrons. The standard InChI is InChI=1S/C15H21IN2O.ClH/c1-10-12(6-4-7-13(10)16)15(19)18-14-8-3-2-5-11(14)9-17;/h4,6-7,11,14H,2-3,5,8-9,17H2,1H3,(H,18,19);1H. The highest BCUT2D eigenvalue weighted by Crippen LogP contribution is 2.24. The van der Waals surface area contributed by atoms with Crippen molar-refractivity contribution in [3.05, 3.63) is 32.9 Å². The number of nitrogens with two attached hydrogens (primary N) is 1. The highest BCUT2D eigenvalue weighted by atomic mass is 127. The molecule has 0 radical (unpaired) electrons. The minimum Gasteiger partial charge on any atom is -0.349 e. The van der Waals surface area contributed by atoms with Gasteiger partial charge in [0, 0.05) is 15.2 Å². The number of carbonyl (C=O) groups is 1. The first-order valence-corrected chi connectivity index (χ1v) is 7.97. The fourth-order valence-corrected chi connectivity index (χ4v) is 3.28. The number of hydrogen-bond acceptors (Lipinski definition) is 2. The highest BCUT2D eigenvalue weighted by molar-refractivity contribution is 14.1. The first-order valence-electron chi connectivity index (χ1n) is 6.89. The number of nitrogens with one attached hydrogen (secondary N) is 1. The van der Waals surface area contributed by atoms with Gasteiger partial charge in [0.2, 0.25) is 0 Å². The number of halogens is 2. The smallest absolute Gasteiger partial charge is 0.251 e. The van der Waals surface area contributed by atoms with Crippen molar-refractivity contribution in [3.8, 4) is 0 Å². The van der Waals surface area contributed by atoms with Crippen molar-refractivity contribution >= 4 is 40.9 Å². The van der Waals surface area contributed by atoms with Gasteiger partial charge in [0.15, 0.2) is 0 Å². The van der Waals surface area contributed by atoms with Crippen LogP contribution in [0.2, 0.25) is 0 Å². The molecule has 2 unspecified atom stereocenters. The Morgan fingerprint density at radius 3 is 2.80 bits per heavy atom. The molecule has 0 saturated heterocycles. The molecule has 2 atom stereocenters. The van der Waals surface area contributed by atoms with Crippen molar-refractivity contribution < 1.29 is 4.79 Å². The molecule has 0 spiro atoms. The quantitative estimate of drug-likeness (QED) is 0.754. The summed E-state index contributed by atoms with van der Waals surface area (Å²) in [5, 5.41) is 3.18. The highest BCUT2D eigenvalue weighted by Gasteiger charge is 2.26. The van der Waals surface area contributed by atoms with Crippen LogP contribution in [0.3, 0.4) is 0 Å². The lowest BCUT2D eigenvalue weighted by molar-refractivity contribution is 0.0907. The third kappa shape index (κ3) is 4.09. The Hall–Kier alpha value is -0.330. The first kappa shape index (κ1) is 17.7. The molecule has 20 heavy (non-hydrogen) atoms. The predicted molar refractivity (Wildman–Crippen MR) is 93.4 cm³/mol. The average molecular weight is 409 g/mol. The molecule has 0 aromatic heterocycles. The largest absolute Gasteiger partial charge is 0.349 e. The second-order valence-electron chi connectivity index (χ2n) is 5.27. The molecule has 1 saturated carbocycles. The molecule has 3 N–H and O–H groups in total. The van der Waals surface area contributed by atoms with E-state index in [9.17, 15) is 4.79 Å². The Kier molecular flexibility index (Phi) is 7.26. The number of rotatable bonds is 3.